The van der Waals surface area contributed by atoms with Gasteiger partial charge in [0.25, 0.3) is 0 Å². The number of unbranched alkanes of at least 4 members (excludes halogenated alkanes) is 2. The number of Topliss-reactive ketones (excluding diaryl/α,β-unsaturated/α-hetero) is 1. The van der Waals surface area contributed by atoms with Crippen molar-refractivity contribution in [1.29, 1.82) is 0 Å². The maximum Gasteiger partial charge on any atom is 0.321 e. The van der Waals surface area contributed by atoms with Crippen molar-refractivity contribution in [2.45, 2.75) is 32.1 Å². The zero-order chi connectivity index (χ0) is 21.6. The molecular weight excluding hydrogens is 391 g/mol. The molecule has 158 valence electrons. The van der Waals surface area contributed by atoms with E-state index in [0.29, 0.717) is 32.8 Å². The molecule has 0 heterocycles. The first-order chi connectivity index (χ1) is 14.1. The average molecular weight is 420 g/mol. The lowest BCUT2D eigenvalue weighted by Crippen LogP contribution is -2.25. The Morgan fingerprint density at radius 2 is 1.48 bits per heavy atom. The zero-order valence-electron chi connectivity index (χ0n) is 17.2. The number of hydrogen-bond acceptors (Lipinski definition) is 6. The van der Waals surface area contributed by atoms with Gasteiger partial charge in [0.2, 0.25) is 0 Å². The van der Waals surface area contributed by atoms with Crippen LogP contribution in [0.15, 0.2) is 48.5 Å². The van der Waals surface area contributed by atoms with E-state index in [-0.39, 0.29) is 5.56 Å². The molecule has 0 saturated heterocycles. The van der Waals surface area contributed by atoms with E-state index in [1.807, 2.05) is 6.07 Å². The van der Waals surface area contributed by atoms with Crippen molar-refractivity contribution in [3.05, 3.63) is 59.7 Å². The SMILES string of the molecule is CCCCCOC(=O)C(C(=O)c1c(OC)cccc1OC)c1ccccc1.O=[PH3]. The number of esters is 1. The fourth-order valence-corrected chi connectivity index (χ4v) is 2.89. The van der Waals surface area contributed by atoms with Crippen LogP contribution >= 0.6 is 9.12 Å². The largest absolute Gasteiger partial charge is 0.496 e. The first kappa shape index (κ1) is 24.4. The summed E-state index contributed by atoms with van der Waals surface area (Å²) in [6.07, 6.45) is 2.77. The Balaban J connectivity index is 0.00000204. The summed E-state index contributed by atoms with van der Waals surface area (Å²) >= 11 is 0. The number of methoxy groups -OCH3 is 2. The summed E-state index contributed by atoms with van der Waals surface area (Å²) in [5, 5.41) is 0. The fourth-order valence-electron chi connectivity index (χ4n) is 2.89. The smallest absolute Gasteiger partial charge is 0.321 e. The minimum Gasteiger partial charge on any atom is -0.496 e. The third-order valence-corrected chi connectivity index (χ3v) is 4.30. The van der Waals surface area contributed by atoms with Crippen molar-refractivity contribution in [2.24, 2.45) is 0 Å². The minimum atomic E-state index is -1.07. The van der Waals surface area contributed by atoms with Gasteiger partial charge in [0, 0.05) is 0 Å². The number of carbonyl (C=O) groups excluding carboxylic acids is 2. The summed E-state index contributed by atoms with van der Waals surface area (Å²) in [6.45, 7) is 2.37. The van der Waals surface area contributed by atoms with Crippen molar-refractivity contribution < 1.29 is 28.4 Å². The van der Waals surface area contributed by atoms with Crippen LogP contribution in [0, 0.1) is 0 Å². The molecule has 0 fully saturated rings. The second kappa shape index (κ2) is 13.6. The molecule has 0 aromatic heterocycles. The highest BCUT2D eigenvalue weighted by Gasteiger charge is 2.34. The number of ether oxygens (including phenoxy) is 3. The molecule has 6 nitrogen and oxygen atoms in total. The highest BCUT2D eigenvalue weighted by Crippen LogP contribution is 2.34. The fraction of sp³-hybridized carbons (Fsp3) is 0.364. The van der Waals surface area contributed by atoms with Gasteiger partial charge in [-0.05, 0) is 24.1 Å². The highest BCUT2D eigenvalue weighted by atomic mass is 31.0. The van der Waals surface area contributed by atoms with Crippen LogP contribution in [0.5, 0.6) is 11.5 Å². The molecule has 2 aromatic rings. The summed E-state index contributed by atoms with van der Waals surface area (Å²) in [5.74, 6) is -1.32. The molecule has 0 N–H and O–H groups in total. The van der Waals surface area contributed by atoms with Crippen LogP contribution in [0.4, 0.5) is 0 Å². The molecule has 0 aliphatic heterocycles. The van der Waals surface area contributed by atoms with Crippen LogP contribution in [-0.2, 0) is 14.1 Å². The normalized spacial score (nSPS) is 11.0. The number of ketones is 1. The van der Waals surface area contributed by atoms with Gasteiger partial charge in [-0.25, -0.2) is 0 Å². The van der Waals surface area contributed by atoms with E-state index in [4.69, 9.17) is 18.8 Å². The Kier molecular flexibility index (Phi) is 11.4. The second-order valence-electron chi connectivity index (χ2n) is 6.12. The van der Waals surface area contributed by atoms with Crippen molar-refractivity contribution in [2.75, 3.05) is 20.8 Å². The number of rotatable bonds is 10. The van der Waals surface area contributed by atoms with Crippen LogP contribution in [0.1, 0.15) is 48.0 Å². The molecule has 0 amide bonds. The maximum atomic E-state index is 13.4. The Hall–Kier alpha value is -2.59. The van der Waals surface area contributed by atoms with E-state index >= 15 is 0 Å². The predicted octanol–water partition coefficient (Wildman–Crippen LogP) is 4.34. The summed E-state index contributed by atoms with van der Waals surface area (Å²) in [6, 6.07) is 14.0. The number of carbonyl (C=O) groups is 2. The molecule has 2 rings (SSSR count). The monoisotopic (exact) mass is 420 g/mol. The van der Waals surface area contributed by atoms with Crippen molar-refractivity contribution in [1.82, 2.24) is 0 Å². The third kappa shape index (κ3) is 6.75. The van der Waals surface area contributed by atoms with E-state index < -0.39 is 17.7 Å². The van der Waals surface area contributed by atoms with Gasteiger partial charge in [-0.15, -0.1) is 0 Å². The second-order valence-corrected chi connectivity index (χ2v) is 6.12. The average Bonchev–Trinajstić information content (AvgIpc) is 2.78. The zero-order valence-corrected chi connectivity index (χ0v) is 18.6. The van der Waals surface area contributed by atoms with Crippen molar-refractivity contribution in [3.8, 4) is 11.5 Å². The van der Waals surface area contributed by atoms with Gasteiger partial charge in [-0.1, -0.05) is 56.2 Å². The van der Waals surface area contributed by atoms with Gasteiger partial charge in [-0.3, -0.25) is 9.59 Å². The Morgan fingerprint density at radius 3 is 2.00 bits per heavy atom. The van der Waals surface area contributed by atoms with E-state index in [1.165, 1.54) is 14.2 Å². The number of hydrogen-bond donors (Lipinski definition) is 0. The van der Waals surface area contributed by atoms with Gasteiger partial charge >= 0.3 is 5.97 Å². The molecule has 0 bridgehead atoms. The molecule has 2 aromatic carbocycles. The minimum absolute atomic E-state index is 0.238. The molecule has 29 heavy (non-hydrogen) atoms. The van der Waals surface area contributed by atoms with Crippen LogP contribution in [0.3, 0.4) is 0 Å². The topological polar surface area (TPSA) is 78.9 Å². The molecular formula is C22H29O6P. The molecule has 2 unspecified atom stereocenters. The van der Waals surface area contributed by atoms with Gasteiger partial charge in [-0.2, -0.15) is 0 Å². The van der Waals surface area contributed by atoms with E-state index in [0.717, 1.165) is 19.3 Å². The molecule has 0 aliphatic carbocycles. The highest BCUT2D eigenvalue weighted by molar-refractivity contribution is 7.00. The van der Waals surface area contributed by atoms with Crippen LogP contribution < -0.4 is 9.47 Å². The lowest BCUT2D eigenvalue weighted by molar-refractivity contribution is -0.144. The van der Waals surface area contributed by atoms with Gasteiger partial charge in [0.1, 0.15) is 23.0 Å². The van der Waals surface area contributed by atoms with E-state index in [1.54, 1.807) is 42.5 Å². The summed E-state index contributed by atoms with van der Waals surface area (Å²) in [5.41, 5.74) is 0.817. The summed E-state index contributed by atoms with van der Waals surface area (Å²) in [4.78, 5) is 26.2. The summed E-state index contributed by atoms with van der Waals surface area (Å²) < 4.78 is 24.4. The van der Waals surface area contributed by atoms with Gasteiger partial charge < -0.3 is 18.8 Å². The third-order valence-electron chi connectivity index (χ3n) is 4.30. The standard InChI is InChI=1S/C22H26O5.H3OP/c1-4-5-9-15-27-22(24)19(16-11-7-6-8-12-16)21(23)20-17(25-2)13-10-14-18(20)26-3;1-2/h6-8,10-14,19H,4-5,9,15H2,1-3H3;2H3. The molecule has 0 spiro atoms. The molecule has 7 heteroatoms. The van der Waals surface area contributed by atoms with Crippen LogP contribution in [-0.4, -0.2) is 32.6 Å². The number of benzene rings is 2. The Labute approximate surface area is 173 Å². The molecule has 0 radical (unpaired) electrons. The van der Waals surface area contributed by atoms with Gasteiger partial charge in [0.05, 0.1) is 29.9 Å². The van der Waals surface area contributed by atoms with E-state index in [2.05, 4.69) is 6.92 Å². The quantitative estimate of drug-likeness (QED) is 0.187. The molecule has 2 atom stereocenters. The summed E-state index contributed by atoms with van der Waals surface area (Å²) in [7, 11) is 3.57. The lowest BCUT2D eigenvalue weighted by Gasteiger charge is -2.18. The maximum absolute atomic E-state index is 13.4. The van der Waals surface area contributed by atoms with Crippen LogP contribution in [0.2, 0.25) is 0 Å². The predicted molar refractivity (Wildman–Crippen MR) is 115 cm³/mol. The van der Waals surface area contributed by atoms with Crippen molar-refractivity contribution >= 4 is 20.9 Å². The van der Waals surface area contributed by atoms with Crippen molar-refractivity contribution in [3.63, 3.8) is 0 Å². The first-order valence-electron chi connectivity index (χ1n) is 9.39. The molecule has 0 saturated carbocycles. The Bertz CT molecular complexity index is 756. The van der Waals surface area contributed by atoms with E-state index in [9.17, 15) is 9.59 Å². The molecule has 0 aliphatic rings. The van der Waals surface area contributed by atoms with Gasteiger partial charge in [0.15, 0.2) is 5.78 Å². The lowest BCUT2D eigenvalue weighted by atomic mass is 9.89. The first-order valence-corrected chi connectivity index (χ1v) is 9.97. The Morgan fingerprint density at radius 1 is 0.897 bits per heavy atom. The van der Waals surface area contributed by atoms with Crippen LogP contribution in [0.25, 0.3) is 0 Å².